The molecule has 0 spiro atoms. The number of carbonyl (C=O) groups is 2. The highest BCUT2D eigenvalue weighted by Gasteiger charge is 2.20. The van der Waals surface area contributed by atoms with Crippen molar-refractivity contribution in [3.05, 3.63) is 65.5 Å². The predicted octanol–water partition coefficient (Wildman–Crippen LogP) is 2.21. The summed E-state index contributed by atoms with van der Waals surface area (Å²) in [5, 5.41) is 5.16. The molecule has 0 aromatic heterocycles. The van der Waals surface area contributed by atoms with Crippen LogP contribution < -0.4 is 15.5 Å². The summed E-state index contributed by atoms with van der Waals surface area (Å²) in [6.45, 7) is 1.91. The summed E-state index contributed by atoms with van der Waals surface area (Å²) in [6.07, 6.45) is 1.68. The molecule has 2 amide bonds. The lowest BCUT2D eigenvalue weighted by molar-refractivity contribution is -0.862. The Hall–Kier alpha value is -2.87. The second-order valence-corrected chi connectivity index (χ2v) is 6.90. The van der Waals surface area contributed by atoms with Crippen molar-refractivity contribution < 1.29 is 27.7 Å². The molecular weight excluding hydrogens is 383 g/mol. The molecular formula is C21H25F3N3O2+. The van der Waals surface area contributed by atoms with E-state index in [0.29, 0.717) is 4.90 Å². The summed E-state index contributed by atoms with van der Waals surface area (Å²) in [4.78, 5) is 25.0. The molecule has 29 heavy (non-hydrogen) atoms. The third-order valence-corrected chi connectivity index (χ3v) is 4.35. The summed E-state index contributed by atoms with van der Waals surface area (Å²) in [5.74, 6) is -5.28. The number of hydrogen-bond acceptors (Lipinski definition) is 2. The van der Waals surface area contributed by atoms with E-state index in [9.17, 15) is 22.8 Å². The number of nitrogens with one attached hydrogen (secondary N) is 3. The molecule has 0 aliphatic carbocycles. The zero-order chi connectivity index (χ0) is 21.4. The maximum absolute atomic E-state index is 13.6. The smallest absolute Gasteiger partial charge is 0.279 e. The van der Waals surface area contributed by atoms with Gasteiger partial charge in [-0.1, -0.05) is 43.7 Å². The van der Waals surface area contributed by atoms with Crippen molar-refractivity contribution in [3.63, 3.8) is 0 Å². The van der Waals surface area contributed by atoms with Crippen molar-refractivity contribution in [3.8, 4) is 0 Å². The summed E-state index contributed by atoms with van der Waals surface area (Å²) in [5.41, 5.74) is 0.560. The maximum Gasteiger partial charge on any atom is 0.279 e. The summed E-state index contributed by atoms with van der Waals surface area (Å²) < 4.78 is 39.8. The van der Waals surface area contributed by atoms with E-state index in [1.807, 2.05) is 37.3 Å². The van der Waals surface area contributed by atoms with Crippen LogP contribution in [0.4, 0.5) is 18.9 Å². The average Bonchev–Trinajstić information content (AvgIpc) is 2.68. The van der Waals surface area contributed by atoms with E-state index in [1.165, 1.54) is 0 Å². The maximum atomic E-state index is 13.6. The number of quaternary nitrogens is 1. The Labute approximate surface area is 167 Å². The number of anilines is 1. The molecule has 0 heterocycles. The highest BCUT2D eigenvalue weighted by Crippen LogP contribution is 2.19. The lowest BCUT2D eigenvalue weighted by atomic mass is 10.0. The van der Waals surface area contributed by atoms with Crippen LogP contribution in [0.5, 0.6) is 0 Å². The first kappa shape index (κ1) is 22.4. The van der Waals surface area contributed by atoms with Crippen LogP contribution in [0, 0.1) is 17.5 Å². The molecule has 2 aromatic carbocycles. The topological polar surface area (TPSA) is 62.6 Å². The van der Waals surface area contributed by atoms with Crippen molar-refractivity contribution in [2.24, 2.45) is 0 Å². The highest BCUT2D eigenvalue weighted by molar-refractivity contribution is 5.91. The molecule has 0 fully saturated rings. The largest absolute Gasteiger partial charge is 0.344 e. The third kappa shape index (κ3) is 6.60. The Balaban J connectivity index is 1.89. The molecule has 0 saturated carbocycles. The van der Waals surface area contributed by atoms with Gasteiger partial charge in [0, 0.05) is 0 Å². The Kier molecular flexibility index (Phi) is 8.21. The Morgan fingerprint density at radius 3 is 2.28 bits per heavy atom. The van der Waals surface area contributed by atoms with Crippen LogP contribution >= 0.6 is 0 Å². The normalized spacial score (nSPS) is 12.9. The molecule has 2 rings (SSSR count). The van der Waals surface area contributed by atoms with E-state index in [4.69, 9.17) is 0 Å². The first-order valence-electron chi connectivity index (χ1n) is 9.40. The second-order valence-electron chi connectivity index (χ2n) is 6.90. The third-order valence-electron chi connectivity index (χ3n) is 4.35. The molecule has 3 N–H and O–H groups in total. The minimum absolute atomic E-state index is 0.0285. The summed E-state index contributed by atoms with van der Waals surface area (Å²) in [7, 11) is 1.64. The fourth-order valence-corrected chi connectivity index (χ4v) is 2.97. The van der Waals surface area contributed by atoms with Crippen molar-refractivity contribution in [2.45, 2.75) is 25.8 Å². The fraction of sp³-hybridized carbons (Fsp3) is 0.333. The molecule has 1 unspecified atom stereocenters. The first-order valence-corrected chi connectivity index (χ1v) is 9.40. The summed E-state index contributed by atoms with van der Waals surface area (Å²) in [6, 6.07) is 11.2. The quantitative estimate of drug-likeness (QED) is 0.557. The van der Waals surface area contributed by atoms with Crippen LogP contribution in [0.1, 0.15) is 31.4 Å². The van der Waals surface area contributed by atoms with Crippen molar-refractivity contribution >= 4 is 17.5 Å². The lowest BCUT2D eigenvalue weighted by Gasteiger charge is -2.20. The Morgan fingerprint density at radius 1 is 0.966 bits per heavy atom. The highest BCUT2D eigenvalue weighted by atomic mass is 19.2. The molecule has 156 valence electrons. The molecule has 2 atom stereocenters. The molecule has 2 aromatic rings. The SMILES string of the molecule is CCC[C@H](NC(=O)C[NH+](C)CC(=O)Nc1ccc(F)c(F)c1F)c1ccccc1. The van der Waals surface area contributed by atoms with Gasteiger partial charge in [-0.3, -0.25) is 9.59 Å². The monoisotopic (exact) mass is 408 g/mol. The van der Waals surface area contributed by atoms with Crippen LogP contribution in [0.15, 0.2) is 42.5 Å². The van der Waals surface area contributed by atoms with Gasteiger partial charge in [-0.05, 0) is 24.1 Å². The number of likely N-dealkylation sites (N-methyl/N-ethyl adjacent to an activating group) is 1. The molecule has 0 aliphatic rings. The Morgan fingerprint density at radius 2 is 1.62 bits per heavy atom. The van der Waals surface area contributed by atoms with Gasteiger partial charge in [-0.15, -0.1) is 0 Å². The van der Waals surface area contributed by atoms with Gasteiger partial charge in [0.05, 0.1) is 18.8 Å². The van der Waals surface area contributed by atoms with Gasteiger partial charge in [-0.25, -0.2) is 13.2 Å². The predicted molar refractivity (Wildman–Crippen MR) is 104 cm³/mol. The Bertz CT molecular complexity index is 847. The van der Waals surface area contributed by atoms with E-state index in [2.05, 4.69) is 10.6 Å². The van der Waals surface area contributed by atoms with Crippen LogP contribution in [-0.4, -0.2) is 32.0 Å². The van der Waals surface area contributed by atoms with Crippen LogP contribution in [0.25, 0.3) is 0 Å². The number of halogens is 3. The van der Waals surface area contributed by atoms with Crippen molar-refractivity contribution in [1.82, 2.24) is 5.32 Å². The zero-order valence-electron chi connectivity index (χ0n) is 16.4. The van der Waals surface area contributed by atoms with Crippen molar-refractivity contribution in [1.29, 1.82) is 0 Å². The minimum atomic E-state index is -1.65. The van der Waals surface area contributed by atoms with Crippen LogP contribution in [0.3, 0.4) is 0 Å². The van der Waals surface area contributed by atoms with Gasteiger partial charge in [0.15, 0.2) is 30.5 Å². The molecule has 5 nitrogen and oxygen atoms in total. The van der Waals surface area contributed by atoms with Gasteiger partial charge in [0.2, 0.25) is 0 Å². The van der Waals surface area contributed by atoms with Crippen LogP contribution in [0.2, 0.25) is 0 Å². The number of rotatable bonds is 9. The second kappa shape index (κ2) is 10.6. The van der Waals surface area contributed by atoms with Gasteiger partial charge in [-0.2, -0.15) is 0 Å². The average molecular weight is 408 g/mol. The number of hydrogen-bond donors (Lipinski definition) is 3. The van der Waals surface area contributed by atoms with E-state index in [0.717, 1.165) is 30.5 Å². The standard InChI is InChI=1S/C21H24F3N3O2/c1-3-7-16(14-8-5-4-6-9-14)25-18(28)12-27(2)13-19(29)26-17-11-10-15(22)20(23)21(17)24/h4-6,8-11,16H,3,7,12-13H2,1-2H3,(H,25,28)(H,26,29)/p+1/t16-/m0/s1. The van der Waals surface area contributed by atoms with E-state index >= 15 is 0 Å². The van der Waals surface area contributed by atoms with Gasteiger partial charge in [0.1, 0.15) is 0 Å². The van der Waals surface area contributed by atoms with E-state index in [-0.39, 0.29) is 25.0 Å². The fourth-order valence-electron chi connectivity index (χ4n) is 2.97. The number of carbonyl (C=O) groups excluding carboxylic acids is 2. The van der Waals surface area contributed by atoms with E-state index in [1.54, 1.807) is 7.05 Å². The molecule has 0 aliphatic heterocycles. The number of amides is 2. The first-order chi connectivity index (χ1) is 13.8. The van der Waals surface area contributed by atoms with E-state index < -0.39 is 29.0 Å². The van der Waals surface area contributed by atoms with Gasteiger partial charge < -0.3 is 15.5 Å². The van der Waals surface area contributed by atoms with Gasteiger partial charge in [0.25, 0.3) is 11.8 Å². The van der Waals surface area contributed by atoms with Gasteiger partial charge >= 0.3 is 0 Å². The molecule has 0 saturated heterocycles. The molecule has 8 heteroatoms. The van der Waals surface area contributed by atoms with Crippen LogP contribution in [-0.2, 0) is 9.59 Å². The lowest BCUT2D eigenvalue weighted by Crippen LogP contribution is -3.11. The summed E-state index contributed by atoms with van der Waals surface area (Å²) >= 11 is 0. The number of benzene rings is 2. The molecule has 0 bridgehead atoms. The van der Waals surface area contributed by atoms with Crippen molar-refractivity contribution in [2.75, 3.05) is 25.5 Å². The molecule has 0 radical (unpaired) electrons. The zero-order valence-corrected chi connectivity index (χ0v) is 16.4. The minimum Gasteiger partial charge on any atom is -0.344 e.